The number of hydrogen-bond acceptors (Lipinski definition) is 4. The summed E-state index contributed by atoms with van der Waals surface area (Å²) >= 11 is 1.74. The molecule has 4 nitrogen and oxygen atoms in total. The van der Waals surface area contributed by atoms with Crippen LogP contribution in [0.5, 0.6) is 5.75 Å². The molecule has 0 spiro atoms. The Balaban J connectivity index is 1.66. The van der Waals surface area contributed by atoms with E-state index in [1.165, 1.54) is 4.88 Å². The van der Waals surface area contributed by atoms with Crippen LogP contribution in [0.2, 0.25) is 0 Å². The van der Waals surface area contributed by atoms with Crippen molar-refractivity contribution in [3.05, 3.63) is 52.7 Å². The molecule has 1 aliphatic rings. The van der Waals surface area contributed by atoms with Crippen molar-refractivity contribution in [3.8, 4) is 5.75 Å². The first-order chi connectivity index (χ1) is 12.2. The fourth-order valence-electron chi connectivity index (χ4n) is 3.14. The zero-order valence-corrected chi connectivity index (χ0v) is 15.4. The quantitative estimate of drug-likeness (QED) is 0.755. The molecular formula is C20H25NO3S. The first-order valence-electron chi connectivity index (χ1n) is 8.86. The van der Waals surface area contributed by atoms with E-state index in [0.717, 1.165) is 44.8 Å². The second kappa shape index (κ2) is 9.02. The summed E-state index contributed by atoms with van der Waals surface area (Å²) in [4.78, 5) is 16.4. The maximum atomic E-state index is 13.1. The first-order valence-corrected chi connectivity index (χ1v) is 9.74. The van der Waals surface area contributed by atoms with Gasteiger partial charge in [0.25, 0.3) is 5.91 Å². The van der Waals surface area contributed by atoms with E-state index >= 15 is 0 Å². The number of carbonyl (C=O) groups excluding carboxylic acids is 1. The molecule has 1 unspecified atom stereocenters. The maximum absolute atomic E-state index is 13.1. The molecule has 0 radical (unpaired) electrons. The monoisotopic (exact) mass is 359 g/mol. The summed E-state index contributed by atoms with van der Waals surface area (Å²) in [7, 11) is 0. The van der Waals surface area contributed by atoms with Crippen LogP contribution in [0.25, 0.3) is 0 Å². The number of amides is 1. The molecule has 5 heteroatoms. The van der Waals surface area contributed by atoms with Crippen LogP contribution in [0.4, 0.5) is 0 Å². The van der Waals surface area contributed by atoms with Gasteiger partial charge < -0.3 is 14.4 Å². The number of carbonyl (C=O) groups is 1. The summed E-state index contributed by atoms with van der Waals surface area (Å²) in [6, 6.07) is 14.0. The van der Waals surface area contributed by atoms with E-state index in [1.54, 1.807) is 11.3 Å². The van der Waals surface area contributed by atoms with E-state index in [4.69, 9.17) is 9.47 Å². The number of nitrogens with zero attached hydrogens (tertiary/aromatic N) is 1. The molecule has 1 amide bonds. The van der Waals surface area contributed by atoms with Crippen molar-refractivity contribution in [2.24, 2.45) is 0 Å². The average Bonchev–Trinajstić information content (AvgIpc) is 3.17. The van der Waals surface area contributed by atoms with Crippen LogP contribution in [0.15, 0.2) is 47.8 Å². The van der Waals surface area contributed by atoms with Gasteiger partial charge in [0.15, 0.2) is 6.10 Å². The van der Waals surface area contributed by atoms with Gasteiger partial charge in [-0.2, -0.15) is 0 Å². The zero-order chi connectivity index (χ0) is 17.5. The third kappa shape index (κ3) is 5.06. The molecule has 2 heterocycles. The van der Waals surface area contributed by atoms with Crippen LogP contribution < -0.4 is 4.74 Å². The van der Waals surface area contributed by atoms with Gasteiger partial charge in [-0.1, -0.05) is 24.3 Å². The smallest absolute Gasteiger partial charge is 0.263 e. The second-order valence-corrected chi connectivity index (χ2v) is 7.31. The Hall–Kier alpha value is -1.85. The molecule has 1 atom stereocenters. The van der Waals surface area contributed by atoms with Crippen LogP contribution >= 0.6 is 11.3 Å². The third-order valence-corrected chi connectivity index (χ3v) is 5.43. The number of rotatable bonds is 7. The highest BCUT2D eigenvalue weighted by atomic mass is 32.1. The van der Waals surface area contributed by atoms with Crippen molar-refractivity contribution in [1.29, 1.82) is 0 Å². The number of ether oxygens (including phenoxy) is 2. The Bertz CT molecular complexity index is 638. The fraction of sp³-hybridized carbons (Fsp3) is 0.450. The van der Waals surface area contributed by atoms with E-state index in [1.807, 2.05) is 42.2 Å². The fourth-order valence-corrected chi connectivity index (χ4v) is 3.84. The Kier molecular flexibility index (Phi) is 6.48. The lowest BCUT2D eigenvalue weighted by molar-refractivity contribution is -0.142. The Morgan fingerprint density at radius 1 is 1.24 bits per heavy atom. The zero-order valence-electron chi connectivity index (χ0n) is 14.6. The molecule has 0 saturated carbocycles. The molecule has 1 aromatic heterocycles. The van der Waals surface area contributed by atoms with Gasteiger partial charge in [-0.05, 0) is 49.8 Å². The SMILES string of the molecule is CC(Oc1ccccc1)C(=O)N(CCc1cccs1)C1CCOCC1. The topological polar surface area (TPSA) is 38.8 Å². The Morgan fingerprint density at radius 2 is 2.00 bits per heavy atom. The second-order valence-electron chi connectivity index (χ2n) is 6.28. The number of thiophene rings is 1. The van der Waals surface area contributed by atoms with Crippen LogP contribution in [0, 0.1) is 0 Å². The lowest BCUT2D eigenvalue weighted by Gasteiger charge is -2.35. The van der Waals surface area contributed by atoms with E-state index < -0.39 is 6.10 Å². The van der Waals surface area contributed by atoms with Crippen molar-refractivity contribution < 1.29 is 14.3 Å². The minimum Gasteiger partial charge on any atom is -0.481 e. The summed E-state index contributed by atoms with van der Waals surface area (Å²) in [6.07, 6.45) is 2.19. The molecule has 1 fully saturated rings. The predicted octanol–water partition coefficient (Wildman–Crippen LogP) is 3.77. The molecule has 1 aliphatic heterocycles. The van der Waals surface area contributed by atoms with Gasteiger partial charge in [0.05, 0.1) is 0 Å². The molecule has 134 valence electrons. The van der Waals surface area contributed by atoms with E-state index in [0.29, 0.717) is 0 Å². The van der Waals surface area contributed by atoms with Crippen LogP contribution in [-0.4, -0.2) is 42.7 Å². The van der Waals surface area contributed by atoms with E-state index in [2.05, 4.69) is 17.5 Å². The minimum absolute atomic E-state index is 0.0623. The average molecular weight is 359 g/mol. The number of para-hydroxylation sites is 1. The van der Waals surface area contributed by atoms with Crippen molar-refractivity contribution in [1.82, 2.24) is 4.90 Å². The third-order valence-electron chi connectivity index (χ3n) is 4.50. The molecule has 3 rings (SSSR count). The van der Waals surface area contributed by atoms with Gasteiger partial charge in [-0.15, -0.1) is 11.3 Å². The lowest BCUT2D eigenvalue weighted by atomic mass is 10.1. The van der Waals surface area contributed by atoms with Gasteiger partial charge in [-0.25, -0.2) is 0 Å². The van der Waals surface area contributed by atoms with Crippen LogP contribution in [0.1, 0.15) is 24.6 Å². The number of hydrogen-bond donors (Lipinski definition) is 0. The van der Waals surface area contributed by atoms with E-state index in [9.17, 15) is 4.79 Å². The Morgan fingerprint density at radius 3 is 2.68 bits per heavy atom. The van der Waals surface area contributed by atoms with Gasteiger partial charge in [0.1, 0.15) is 5.75 Å². The summed E-state index contributed by atoms with van der Waals surface area (Å²) in [5.41, 5.74) is 0. The van der Waals surface area contributed by atoms with Gasteiger partial charge >= 0.3 is 0 Å². The Labute approximate surface area is 153 Å². The van der Waals surface area contributed by atoms with Crippen molar-refractivity contribution in [2.45, 2.75) is 38.3 Å². The van der Waals surface area contributed by atoms with Gasteiger partial charge in [-0.3, -0.25) is 4.79 Å². The minimum atomic E-state index is -0.492. The lowest BCUT2D eigenvalue weighted by Crippen LogP contribution is -2.49. The molecule has 0 bridgehead atoms. The van der Waals surface area contributed by atoms with Crippen molar-refractivity contribution >= 4 is 17.2 Å². The summed E-state index contributed by atoms with van der Waals surface area (Å²) in [5, 5.41) is 2.08. The van der Waals surface area contributed by atoms with Crippen LogP contribution in [-0.2, 0) is 16.0 Å². The molecular weight excluding hydrogens is 334 g/mol. The van der Waals surface area contributed by atoms with Gasteiger partial charge in [0.2, 0.25) is 0 Å². The van der Waals surface area contributed by atoms with E-state index in [-0.39, 0.29) is 11.9 Å². The molecule has 2 aromatic rings. The van der Waals surface area contributed by atoms with Crippen molar-refractivity contribution in [2.75, 3.05) is 19.8 Å². The molecule has 1 aromatic carbocycles. The highest BCUT2D eigenvalue weighted by Gasteiger charge is 2.29. The first kappa shape index (κ1) is 18.0. The largest absolute Gasteiger partial charge is 0.481 e. The summed E-state index contributed by atoms with van der Waals surface area (Å²) in [6.45, 7) is 4.02. The molecule has 1 saturated heterocycles. The van der Waals surface area contributed by atoms with Crippen molar-refractivity contribution in [3.63, 3.8) is 0 Å². The molecule has 0 aliphatic carbocycles. The highest BCUT2D eigenvalue weighted by Crippen LogP contribution is 2.20. The normalized spacial score (nSPS) is 16.4. The predicted molar refractivity (Wildman–Crippen MR) is 100 cm³/mol. The summed E-state index contributed by atoms with van der Waals surface area (Å²) in [5.74, 6) is 0.792. The van der Waals surface area contributed by atoms with Gasteiger partial charge in [0, 0.05) is 30.7 Å². The maximum Gasteiger partial charge on any atom is 0.263 e. The standard InChI is InChI=1S/C20H25NO3S/c1-16(24-18-6-3-2-4-7-18)20(22)21(17-10-13-23-14-11-17)12-9-19-8-5-15-25-19/h2-8,15-17H,9-14H2,1H3. The summed E-state index contributed by atoms with van der Waals surface area (Å²) < 4.78 is 11.3. The number of benzene rings is 1. The molecule has 0 N–H and O–H groups in total. The highest BCUT2D eigenvalue weighted by molar-refractivity contribution is 7.09. The van der Waals surface area contributed by atoms with Crippen LogP contribution in [0.3, 0.4) is 0 Å². The molecule has 25 heavy (non-hydrogen) atoms.